The van der Waals surface area contributed by atoms with Crippen LogP contribution in [0.25, 0.3) is 0 Å². The van der Waals surface area contributed by atoms with Gasteiger partial charge in [-0.25, -0.2) is 0 Å². The first-order valence-corrected chi connectivity index (χ1v) is 10.2. The van der Waals surface area contributed by atoms with Crippen LogP contribution in [0.1, 0.15) is 24.8 Å². The third kappa shape index (κ3) is 1.82. The maximum absolute atomic E-state index is 13.8. The van der Waals surface area contributed by atoms with Crippen molar-refractivity contribution in [2.45, 2.75) is 36.8 Å². The molecule has 6 heteroatoms. The van der Waals surface area contributed by atoms with Gasteiger partial charge in [-0.3, -0.25) is 9.59 Å². The molecule has 6 nitrogen and oxygen atoms in total. The average Bonchev–Trinajstić information content (AvgIpc) is 2.92. The number of carbonyl (C=O) groups excluding carboxylic acids is 2. The van der Waals surface area contributed by atoms with Crippen molar-refractivity contribution >= 4 is 17.4 Å². The second-order valence-electron chi connectivity index (χ2n) is 9.11. The molecule has 1 aromatic rings. The lowest BCUT2D eigenvalue weighted by atomic mass is 9.54. The van der Waals surface area contributed by atoms with E-state index in [0.717, 1.165) is 18.7 Å². The number of phenolic OH excluding ortho intramolecular Hbond substituents is 1. The summed E-state index contributed by atoms with van der Waals surface area (Å²) in [6, 6.07) is 5.10. The Labute approximate surface area is 163 Å². The Morgan fingerprint density at radius 1 is 1.25 bits per heavy atom. The Kier molecular flexibility index (Phi) is 3.19. The van der Waals surface area contributed by atoms with Crippen molar-refractivity contribution in [3.8, 4) is 5.75 Å². The number of amides is 1. The fourth-order valence-corrected chi connectivity index (χ4v) is 6.81. The lowest BCUT2D eigenvalue weighted by Crippen LogP contribution is -2.66. The number of carbonyl (C=O) groups is 2. The number of para-hydroxylation sites is 1. The molecule has 3 saturated heterocycles. The van der Waals surface area contributed by atoms with Crippen LogP contribution in [0.5, 0.6) is 5.75 Å². The van der Waals surface area contributed by atoms with Gasteiger partial charge < -0.3 is 19.6 Å². The number of aromatic hydroxyl groups is 1. The fourth-order valence-electron chi connectivity index (χ4n) is 6.81. The van der Waals surface area contributed by atoms with Crippen molar-refractivity contribution < 1.29 is 19.4 Å². The summed E-state index contributed by atoms with van der Waals surface area (Å²) < 4.78 is 6.06. The number of nitrogens with zero attached hydrogens (tertiary/aromatic N) is 2. The molecule has 1 N–H and O–H groups in total. The number of fused-ring (bicyclic) bond motifs is 6. The van der Waals surface area contributed by atoms with Crippen LogP contribution < -0.4 is 4.90 Å². The molecule has 6 atom stereocenters. The Morgan fingerprint density at radius 3 is 2.96 bits per heavy atom. The highest BCUT2D eigenvalue weighted by atomic mass is 16.5. The molecular weight excluding hydrogens is 356 g/mol. The Bertz CT molecular complexity index is 927. The zero-order valence-corrected chi connectivity index (χ0v) is 15.9. The Morgan fingerprint density at radius 2 is 2.11 bits per heavy atom. The minimum absolute atomic E-state index is 0.0521. The quantitative estimate of drug-likeness (QED) is 0.744. The van der Waals surface area contributed by atoms with Crippen LogP contribution in [0.2, 0.25) is 0 Å². The molecule has 146 valence electrons. The average molecular weight is 380 g/mol. The molecule has 28 heavy (non-hydrogen) atoms. The van der Waals surface area contributed by atoms with Gasteiger partial charge in [0.15, 0.2) is 0 Å². The molecule has 0 radical (unpaired) electrons. The first-order valence-electron chi connectivity index (χ1n) is 10.2. The van der Waals surface area contributed by atoms with Crippen LogP contribution in [0, 0.1) is 17.8 Å². The number of hydrogen-bond acceptors (Lipinski definition) is 5. The molecular formula is C22H24N2O4. The van der Waals surface area contributed by atoms with Crippen molar-refractivity contribution in [3.05, 3.63) is 36.1 Å². The summed E-state index contributed by atoms with van der Waals surface area (Å²) in [6.07, 6.45) is 5.13. The van der Waals surface area contributed by atoms with E-state index < -0.39 is 5.41 Å². The smallest absolute Gasteiger partial charge is 0.231 e. The minimum atomic E-state index is -0.750. The third-order valence-electron chi connectivity index (χ3n) is 7.91. The Balaban J connectivity index is 1.66. The summed E-state index contributed by atoms with van der Waals surface area (Å²) in [4.78, 5) is 31.1. The number of ketones is 1. The first kappa shape index (κ1) is 16.6. The predicted octanol–water partition coefficient (Wildman–Crippen LogP) is 1.82. The van der Waals surface area contributed by atoms with Gasteiger partial charge in [-0.15, -0.1) is 0 Å². The van der Waals surface area contributed by atoms with Crippen LogP contribution in [-0.2, 0) is 19.7 Å². The van der Waals surface area contributed by atoms with Gasteiger partial charge in [0.2, 0.25) is 5.91 Å². The summed E-state index contributed by atoms with van der Waals surface area (Å²) in [6.45, 7) is 1.68. The summed E-state index contributed by atoms with van der Waals surface area (Å²) in [5.74, 6) is 0.737. The minimum Gasteiger partial charge on any atom is -0.506 e. The number of Topliss-reactive ketones (excluding diaryl/α,β-unsaturated/α-hetero) is 1. The van der Waals surface area contributed by atoms with E-state index in [1.165, 1.54) is 0 Å². The molecule has 1 aliphatic carbocycles. The molecule has 5 unspecified atom stereocenters. The van der Waals surface area contributed by atoms with E-state index >= 15 is 0 Å². The van der Waals surface area contributed by atoms with E-state index in [2.05, 4.69) is 18.0 Å². The molecule has 4 fully saturated rings. The molecule has 7 rings (SSSR count). The number of rotatable bonds is 0. The van der Waals surface area contributed by atoms with E-state index in [1.54, 1.807) is 23.3 Å². The SMILES string of the molecule is CN1CC[C@@]23C(=O)CC4C(C=COC5CC(=O)N(c6c(O)cccc62)C3C54)C1. The summed E-state index contributed by atoms with van der Waals surface area (Å²) in [5, 5.41) is 10.7. The Hall–Kier alpha value is -2.34. The first-order chi connectivity index (χ1) is 13.5. The van der Waals surface area contributed by atoms with Gasteiger partial charge in [-0.1, -0.05) is 12.1 Å². The number of phenols is 1. The highest BCUT2D eigenvalue weighted by molar-refractivity contribution is 6.07. The molecule has 1 aromatic carbocycles. The van der Waals surface area contributed by atoms with Crippen LogP contribution in [-0.4, -0.2) is 54.0 Å². The van der Waals surface area contributed by atoms with Gasteiger partial charge in [-0.05, 0) is 49.6 Å². The zero-order chi connectivity index (χ0) is 19.2. The second kappa shape index (κ2) is 5.38. The van der Waals surface area contributed by atoms with Crippen molar-refractivity contribution in [2.24, 2.45) is 17.8 Å². The molecule has 0 aromatic heterocycles. The van der Waals surface area contributed by atoms with Gasteiger partial charge >= 0.3 is 0 Å². The molecule has 5 aliphatic heterocycles. The maximum atomic E-state index is 13.8. The number of anilines is 1. The molecule has 1 saturated carbocycles. The topological polar surface area (TPSA) is 70.1 Å². The monoisotopic (exact) mass is 380 g/mol. The summed E-state index contributed by atoms with van der Waals surface area (Å²) in [5.41, 5.74) is 0.640. The lowest BCUT2D eigenvalue weighted by Gasteiger charge is -2.53. The van der Waals surface area contributed by atoms with Crippen LogP contribution >= 0.6 is 0 Å². The largest absolute Gasteiger partial charge is 0.506 e. The molecule has 6 aliphatic rings. The predicted molar refractivity (Wildman–Crippen MR) is 102 cm³/mol. The molecule has 5 heterocycles. The van der Waals surface area contributed by atoms with E-state index in [1.807, 2.05) is 6.07 Å². The van der Waals surface area contributed by atoms with Gasteiger partial charge in [0.1, 0.15) is 17.6 Å². The van der Waals surface area contributed by atoms with Gasteiger partial charge in [0.05, 0.1) is 29.8 Å². The number of piperidine rings is 1. The number of hydrogen-bond donors (Lipinski definition) is 1. The van der Waals surface area contributed by atoms with E-state index in [9.17, 15) is 14.7 Å². The van der Waals surface area contributed by atoms with Crippen LogP contribution in [0.4, 0.5) is 5.69 Å². The van der Waals surface area contributed by atoms with Crippen molar-refractivity contribution in [1.29, 1.82) is 0 Å². The van der Waals surface area contributed by atoms with Crippen molar-refractivity contribution in [2.75, 3.05) is 25.0 Å². The summed E-state index contributed by atoms with van der Waals surface area (Å²) in [7, 11) is 2.11. The third-order valence-corrected chi connectivity index (χ3v) is 7.91. The lowest BCUT2D eigenvalue weighted by molar-refractivity contribution is -0.140. The van der Waals surface area contributed by atoms with E-state index in [0.29, 0.717) is 24.9 Å². The van der Waals surface area contributed by atoms with Gasteiger partial charge in [-0.2, -0.15) is 0 Å². The van der Waals surface area contributed by atoms with E-state index in [-0.39, 0.29) is 47.3 Å². The van der Waals surface area contributed by atoms with Gasteiger partial charge in [0, 0.05) is 18.9 Å². The van der Waals surface area contributed by atoms with Crippen molar-refractivity contribution in [3.63, 3.8) is 0 Å². The zero-order valence-electron chi connectivity index (χ0n) is 15.9. The van der Waals surface area contributed by atoms with Gasteiger partial charge in [0.25, 0.3) is 0 Å². The molecule has 4 bridgehead atoms. The molecule has 1 amide bonds. The number of benzene rings is 1. The summed E-state index contributed by atoms with van der Waals surface area (Å²) >= 11 is 0. The normalized spacial score (nSPS) is 41.0. The number of ether oxygens (including phenoxy) is 1. The standard InChI is InChI=1S/C22H24N2O4/c1-23-7-6-22-14-3-2-4-15(25)20(14)24-18(27)10-16-19(21(22)24)13(9-17(22)26)12(11-23)5-8-28-16/h2-5,8,12-13,16,19,21,25H,6-7,9-11H2,1H3/t12?,13?,16?,19?,21?,22-/m0/s1. The second-order valence-corrected chi connectivity index (χ2v) is 9.11. The van der Waals surface area contributed by atoms with Crippen molar-refractivity contribution in [1.82, 2.24) is 4.90 Å². The van der Waals surface area contributed by atoms with Crippen LogP contribution in [0.3, 0.4) is 0 Å². The molecule has 1 spiro atoms. The maximum Gasteiger partial charge on any atom is 0.231 e. The van der Waals surface area contributed by atoms with E-state index in [4.69, 9.17) is 4.74 Å². The fraction of sp³-hybridized carbons (Fsp3) is 0.545. The van der Waals surface area contributed by atoms with Crippen LogP contribution in [0.15, 0.2) is 30.5 Å². The highest BCUT2D eigenvalue weighted by Crippen LogP contribution is 2.62. The highest BCUT2D eigenvalue weighted by Gasteiger charge is 2.68.